The quantitative estimate of drug-likeness (QED) is 0.702. The van der Waals surface area contributed by atoms with Crippen molar-refractivity contribution in [3.63, 3.8) is 0 Å². The normalized spacial score (nSPS) is 13.1. The lowest BCUT2D eigenvalue weighted by Crippen LogP contribution is -2.17. The molecule has 1 aromatic carbocycles. The maximum absolute atomic E-state index is 11.7. The minimum atomic E-state index is 0.0574. The monoisotopic (exact) mass is 215 g/mol. The second-order valence-corrected chi connectivity index (χ2v) is 3.70. The number of hydrogen-bond acceptors (Lipinski definition) is 2. The van der Waals surface area contributed by atoms with E-state index in [0.717, 1.165) is 11.1 Å². The SMILES string of the molecule is CC#CCOc1ccc2c(c1)C(=O)N(C)C2. The van der Waals surface area contributed by atoms with Gasteiger partial charge in [-0.2, -0.15) is 0 Å². The lowest BCUT2D eigenvalue weighted by Gasteiger charge is -2.04. The van der Waals surface area contributed by atoms with E-state index in [0.29, 0.717) is 18.9 Å². The van der Waals surface area contributed by atoms with Gasteiger partial charge in [0.25, 0.3) is 5.91 Å². The van der Waals surface area contributed by atoms with E-state index in [1.54, 1.807) is 24.9 Å². The minimum Gasteiger partial charge on any atom is -0.481 e. The fourth-order valence-electron chi connectivity index (χ4n) is 1.71. The summed E-state index contributed by atoms with van der Waals surface area (Å²) in [6.07, 6.45) is 0. The molecule has 1 aliphatic heterocycles. The number of benzene rings is 1. The molecule has 0 bridgehead atoms. The largest absolute Gasteiger partial charge is 0.481 e. The van der Waals surface area contributed by atoms with E-state index in [-0.39, 0.29) is 5.91 Å². The molecule has 3 nitrogen and oxygen atoms in total. The van der Waals surface area contributed by atoms with Gasteiger partial charge >= 0.3 is 0 Å². The van der Waals surface area contributed by atoms with Gasteiger partial charge in [-0.1, -0.05) is 12.0 Å². The Labute approximate surface area is 95.0 Å². The van der Waals surface area contributed by atoms with Crippen molar-refractivity contribution in [1.29, 1.82) is 0 Å². The van der Waals surface area contributed by atoms with Gasteiger partial charge in [-0.15, -0.1) is 5.92 Å². The molecule has 1 aliphatic rings. The van der Waals surface area contributed by atoms with Gasteiger partial charge in [0.15, 0.2) is 0 Å². The fourth-order valence-corrected chi connectivity index (χ4v) is 1.71. The van der Waals surface area contributed by atoms with Crippen LogP contribution in [0.25, 0.3) is 0 Å². The van der Waals surface area contributed by atoms with Crippen LogP contribution in [0.1, 0.15) is 22.8 Å². The van der Waals surface area contributed by atoms with E-state index < -0.39 is 0 Å². The van der Waals surface area contributed by atoms with Crippen molar-refractivity contribution in [2.45, 2.75) is 13.5 Å². The van der Waals surface area contributed by atoms with Gasteiger partial charge in [0.2, 0.25) is 0 Å². The predicted octanol–water partition coefficient (Wildman–Crippen LogP) is 1.67. The summed E-state index contributed by atoms with van der Waals surface area (Å²) in [6, 6.07) is 5.60. The Bertz CT molecular complexity index is 482. The smallest absolute Gasteiger partial charge is 0.254 e. The summed E-state index contributed by atoms with van der Waals surface area (Å²) in [5, 5.41) is 0. The summed E-state index contributed by atoms with van der Waals surface area (Å²) in [4.78, 5) is 13.4. The van der Waals surface area contributed by atoms with Gasteiger partial charge in [0.05, 0.1) is 0 Å². The molecule has 0 radical (unpaired) electrons. The molecule has 16 heavy (non-hydrogen) atoms. The average molecular weight is 215 g/mol. The standard InChI is InChI=1S/C13H13NO2/c1-3-4-7-16-11-6-5-10-9-14(2)13(15)12(10)8-11/h5-6,8H,7,9H2,1-2H3. The minimum absolute atomic E-state index is 0.0574. The fraction of sp³-hybridized carbons (Fsp3) is 0.308. The summed E-state index contributed by atoms with van der Waals surface area (Å²) in [5.74, 6) is 6.33. The molecule has 0 fully saturated rings. The Hall–Kier alpha value is -1.95. The third-order valence-corrected chi connectivity index (χ3v) is 2.55. The second kappa shape index (κ2) is 4.28. The lowest BCUT2D eigenvalue weighted by molar-refractivity contribution is 0.0816. The molecule has 1 aromatic rings. The van der Waals surface area contributed by atoms with Crippen molar-refractivity contribution in [2.24, 2.45) is 0 Å². The number of hydrogen-bond donors (Lipinski definition) is 0. The number of rotatable bonds is 2. The van der Waals surface area contributed by atoms with E-state index in [9.17, 15) is 4.79 Å². The number of carbonyl (C=O) groups is 1. The molecule has 0 aromatic heterocycles. The maximum Gasteiger partial charge on any atom is 0.254 e. The zero-order valence-electron chi connectivity index (χ0n) is 9.41. The van der Waals surface area contributed by atoms with Crippen molar-refractivity contribution < 1.29 is 9.53 Å². The van der Waals surface area contributed by atoms with Crippen LogP contribution in [-0.2, 0) is 6.54 Å². The molecule has 2 rings (SSSR count). The first-order valence-electron chi connectivity index (χ1n) is 5.13. The second-order valence-electron chi connectivity index (χ2n) is 3.70. The van der Waals surface area contributed by atoms with E-state index in [1.807, 2.05) is 12.1 Å². The highest BCUT2D eigenvalue weighted by Crippen LogP contribution is 2.25. The number of nitrogens with zero attached hydrogens (tertiary/aromatic N) is 1. The molecule has 1 heterocycles. The molecule has 0 atom stereocenters. The average Bonchev–Trinajstić information content (AvgIpc) is 2.56. The van der Waals surface area contributed by atoms with Gasteiger partial charge in [0, 0.05) is 19.2 Å². The molecule has 0 saturated carbocycles. The highest BCUT2D eigenvalue weighted by Gasteiger charge is 2.24. The van der Waals surface area contributed by atoms with Crippen LogP contribution in [0, 0.1) is 11.8 Å². The van der Waals surface area contributed by atoms with Crippen LogP contribution in [0.3, 0.4) is 0 Å². The predicted molar refractivity (Wildman–Crippen MR) is 61.2 cm³/mol. The molecule has 0 spiro atoms. The van der Waals surface area contributed by atoms with E-state index in [1.165, 1.54) is 0 Å². The molecular weight excluding hydrogens is 202 g/mol. The van der Waals surface area contributed by atoms with Crippen LogP contribution < -0.4 is 4.74 Å². The first-order valence-corrected chi connectivity index (χ1v) is 5.13. The summed E-state index contributed by atoms with van der Waals surface area (Å²) >= 11 is 0. The topological polar surface area (TPSA) is 29.5 Å². The first kappa shape index (κ1) is 10.6. The van der Waals surface area contributed by atoms with E-state index in [2.05, 4.69) is 11.8 Å². The molecule has 0 saturated heterocycles. The van der Waals surface area contributed by atoms with Crippen molar-refractivity contribution in [2.75, 3.05) is 13.7 Å². The highest BCUT2D eigenvalue weighted by atomic mass is 16.5. The summed E-state index contributed by atoms with van der Waals surface area (Å²) in [5.41, 5.74) is 1.80. The molecular formula is C13H13NO2. The Morgan fingerprint density at radius 1 is 1.50 bits per heavy atom. The molecule has 82 valence electrons. The van der Waals surface area contributed by atoms with Gasteiger partial charge in [-0.05, 0) is 24.6 Å². The maximum atomic E-state index is 11.7. The molecule has 1 amide bonds. The van der Waals surface area contributed by atoms with Crippen molar-refractivity contribution in [3.8, 4) is 17.6 Å². The zero-order valence-corrected chi connectivity index (χ0v) is 9.41. The highest BCUT2D eigenvalue weighted by molar-refractivity contribution is 5.98. The van der Waals surface area contributed by atoms with Gasteiger partial charge in [0.1, 0.15) is 12.4 Å². The first-order chi connectivity index (χ1) is 7.72. The third-order valence-electron chi connectivity index (χ3n) is 2.55. The number of ether oxygens (including phenoxy) is 1. The van der Waals surface area contributed by atoms with Crippen LogP contribution in [0.15, 0.2) is 18.2 Å². The van der Waals surface area contributed by atoms with Gasteiger partial charge < -0.3 is 9.64 Å². The molecule has 0 unspecified atom stereocenters. The van der Waals surface area contributed by atoms with E-state index in [4.69, 9.17) is 4.74 Å². The lowest BCUT2D eigenvalue weighted by atomic mass is 10.1. The van der Waals surface area contributed by atoms with Gasteiger partial charge in [-0.25, -0.2) is 0 Å². The Balaban J connectivity index is 2.19. The number of fused-ring (bicyclic) bond motifs is 1. The molecule has 3 heteroatoms. The van der Waals surface area contributed by atoms with Crippen LogP contribution in [-0.4, -0.2) is 24.5 Å². The van der Waals surface area contributed by atoms with Crippen LogP contribution in [0.5, 0.6) is 5.75 Å². The zero-order chi connectivity index (χ0) is 11.5. The van der Waals surface area contributed by atoms with Crippen molar-refractivity contribution in [3.05, 3.63) is 29.3 Å². The number of carbonyl (C=O) groups excluding carboxylic acids is 1. The van der Waals surface area contributed by atoms with E-state index >= 15 is 0 Å². The van der Waals surface area contributed by atoms with Crippen molar-refractivity contribution in [1.82, 2.24) is 4.90 Å². The van der Waals surface area contributed by atoms with Crippen LogP contribution in [0.4, 0.5) is 0 Å². The summed E-state index contributed by atoms with van der Waals surface area (Å²) < 4.78 is 5.41. The Morgan fingerprint density at radius 2 is 2.31 bits per heavy atom. The summed E-state index contributed by atoms with van der Waals surface area (Å²) in [6.45, 7) is 2.81. The molecule has 0 aliphatic carbocycles. The van der Waals surface area contributed by atoms with Gasteiger partial charge in [-0.3, -0.25) is 4.79 Å². The Morgan fingerprint density at radius 3 is 3.06 bits per heavy atom. The summed E-state index contributed by atoms with van der Waals surface area (Å²) in [7, 11) is 1.80. The van der Waals surface area contributed by atoms with Crippen LogP contribution >= 0.6 is 0 Å². The van der Waals surface area contributed by atoms with Crippen molar-refractivity contribution >= 4 is 5.91 Å². The molecule has 0 N–H and O–H groups in total. The third kappa shape index (κ3) is 1.87. The Kier molecular flexibility index (Phi) is 2.82. The number of amides is 1. The van der Waals surface area contributed by atoms with Crippen LogP contribution in [0.2, 0.25) is 0 Å².